The van der Waals surface area contributed by atoms with Gasteiger partial charge < -0.3 is 10.3 Å². The Morgan fingerprint density at radius 2 is 2.00 bits per heavy atom. The molecule has 1 atom stereocenters. The maximum absolute atomic E-state index is 5.49. The van der Waals surface area contributed by atoms with Crippen LogP contribution in [0.2, 0.25) is 0 Å². The zero-order valence-corrected chi connectivity index (χ0v) is 12.4. The summed E-state index contributed by atoms with van der Waals surface area (Å²) in [4.78, 5) is 4.61. The fourth-order valence-electron chi connectivity index (χ4n) is 3.11. The lowest BCUT2D eigenvalue weighted by Crippen LogP contribution is -1.99. The molecule has 0 bridgehead atoms. The van der Waals surface area contributed by atoms with Gasteiger partial charge in [-0.25, -0.2) is 0 Å². The van der Waals surface area contributed by atoms with E-state index >= 15 is 0 Å². The van der Waals surface area contributed by atoms with E-state index in [0.29, 0.717) is 5.92 Å². The van der Waals surface area contributed by atoms with E-state index in [0.717, 1.165) is 50.4 Å². The Bertz CT molecular complexity index is 579. The minimum Gasteiger partial charge on any atom is -0.339 e. The molecule has 3 rings (SSSR count). The molecule has 0 saturated heterocycles. The average molecular weight is 285 g/mol. The van der Waals surface area contributed by atoms with Gasteiger partial charge in [-0.2, -0.15) is 4.98 Å². The Morgan fingerprint density at radius 1 is 1.14 bits per heavy atom. The minimum absolute atomic E-state index is 0.316. The molecular weight excluding hydrogens is 262 g/mol. The van der Waals surface area contributed by atoms with Crippen LogP contribution in [0.4, 0.5) is 0 Å². The summed E-state index contributed by atoms with van der Waals surface area (Å²) in [6.07, 6.45) is 7.66. The summed E-state index contributed by atoms with van der Waals surface area (Å²) < 4.78 is 5.41. The van der Waals surface area contributed by atoms with Gasteiger partial charge >= 0.3 is 0 Å². The van der Waals surface area contributed by atoms with E-state index in [2.05, 4.69) is 34.4 Å². The van der Waals surface area contributed by atoms with Gasteiger partial charge in [0.25, 0.3) is 0 Å². The molecule has 1 aromatic heterocycles. The maximum atomic E-state index is 5.49. The first-order valence-corrected chi connectivity index (χ1v) is 7.99. The first-order chi connectivity index (χ1) is 10.4. The van der Waals surface area contributed by atoms with Crippen molar-refractivity contribution in [1.82, 2.24) is 10.1 Å². The number of aromatic nitrogens is 2. The van der Waals surface area contributed by atoms with E-state index in [-0.39, 0.29) is 0 Å². The normalized spacial score (nSPS) is 17.1. The lowest BCUT2D eigenvalue weighted by Gasteiger charge is -2.05. The second kappa shape index (κ2) is 6.85. The van der Waals surface area contributed by atoms with Crippen LogP contribution in [-0.4, -0.2) is 16.7 Å². The molecule has 2 N–H and O–H groups in total. The molecule has 0 radical (unpaired) electrons. The van der Waals surface area contributed by atoms with Crippen molar-refractivity contribution < 1.29 is 4.52 Å². The van der Waals surface area contributed by atoms with Crippen molar-refractivity contribution in [1.29, 1.82) is 0 Å². The van der Waals surface area contributed by atoms with Crippen molar-refractivity contribution >= 4 is 0 Å². The third kappa shape index (κ3) is 3.32. The molecule has 4 nitrogen and oxygen atoms in total. The Balaban J connectivity index is 1.58. The lowest BCUT2D eigenvalue weighted by molar-refractivity contribution is 0.367. The summed E-state index contributed by atoms with van der Waals surface area (Å²) >= 11 is 0. The van der Waals surface area contributed by atoms with Crippen molar-refractivity contribution in [3.63, 3.8) is 0 Å². The molecule has 1 heterocycles. The van der Waals surface area contributed by atoms with Crippen LogP contribution in [0.15, 0.2) is 28.8 Å². The minimum atomic E-state index is 0.316. The third-order valence-electron chi connectivity index (χ3n) is 4.27. The Kier molecular flexibility index (Phi) is 4.65. The van der Waals surface area contributed by atoms with Crippen LogP contribution in [-0.2, 0) is 12.8 Å². The molecule has 0 aliphatic heterocycles. The van der Waals surface area contributed by atoms with Crippen LogP contribution >= 0.6 is 0 Å². The number of hydrogen-bond donors (Lipinski definition) is 1. The highest BCUT2D eigenvalue weighted by Gasteiger charge is 2.27. The summed E-state index contributed by atoms with van der Waals surface area (Å²) in [5.74, 6) is 1.95. The zero-order valence-electron chi connectivity index (χ0n) is 12.4. The Morgan fingerprint density at radius 3 is 2.90 bits per heavy atom. The topological polar surface area (TPSA) is 64.9 Å². The van der Waals surface area contributed by atoms with Gasteiger partial charge in [-0.1, -0.05) is 42.3 Å². The molecule has 0 saturated carbocycles. The number of benzene rings is 1. The first-order valence-electron chi connectivity index (χ1n) is 7.99. The second-order valence-electron chi connectivity index (χ2n) is 5.79. The van der Waals surface area contributed by atoms with Gasteiger partial charge in [-0.15, -0.1) is 0 Å². The van der Waals surface area contributed by atoms with Gasteiger partial charge in [-0.05, 0) is 43.4 Å². The molecule has 1 unspecified atom stereocenters. The number of nitrogens with two attached hydrogens (primary N) is 1. The van der Waals surface area contributed by atoms with E-state index < -0.39 is 0 Å². The average Bonchev–Trinajstić information content (AvgIpc) is 3.13. The Labute approximate surface area is 125 Å². The number of rotatable bonds is 7. The van der Waals surface area contributed by atoms with Crippen LogP contribution in [0, 0.1) is 0 Å². The van der Waals surface area contributed by atoms with Gasteiger partial charge in [-0.3, -0.25) is 0 Å². The molecule has 1 aliphatic rings. The number of aryl methyl sites for hydroxylation is 2. The highest BCUT2D eigenvalue weighted by atomic mass is 16.5. The third-order valence-corrected chi connectivity index (χ3v) is 4.27. The molecule has 0 spiro atoms. The van der Waals surface area contributed by atoms with Crippen LogP contribution in [0.25, 0.3) is 0 Å². The highest BCUT2D eigenvalue weighted by Crippen LogP contribution is 2.36. The van der Waals surface area contributed by atoms with Crippen molar-refractivity contribution in [2.24, 2.45) is 5.73 Å². The maximum Gasteiger partial charge on any atom is 0.226 e. The van der Waals surface area contributed by atoms with Crippen molar-refractivity contribution in [3.05, 3.63) is 47.1 Å². The number of nitrogens with zero attached hydrogens (tertiary/aromatic N) is 2. The zero-order chi connectivity index (χ0) is 14.5. The van der Waals surface area contributed by atoms with E-state index in [1.54, 1.807) is 0 Å². The quantitative estimate of drug-likeness (QED) is 0.793. The second-order valence-corrected chi connectivity index (χ2v) is 5.79. The van der Waals surface area contributed by atoms with E-state index in [1.807, 2.05) is 0 Å². The van der Waals surface area contributed by atoms with Gasteiger partial charge in [0, 0.05) is 12.3 Å². The van der Waals surface area contributed by atoms with Crippen LogP contribution < -0.4 is 5.73 Å². The number of hydrogen-bond acceptors (Lipinski definition) is 4. The van der Waals surface area contributed by atoms with E-state index in [1.165, 1.54) is 24.0 Å². The molecule has 0 fully saturated rings. The monoisotopic (exact) mass is 285 g/mol. The molecule has 4 heteroatoms. The van der Waals surface area contributed by atoms with Crippen molar-refractivity contribution in [2.75, 3.05) is 6.54 Å². The van der Waals surface area contributed by atoms with Crippen LogP contribution in [0.1, 0.15) is 60.9 Å². The highest BCUT2D eigenvalue weighted by molar-refractivity contribution is 5.38. The molecule has 1 aliphatic carbocycles. The number of fused-ring (bicyclic) bond motifs is 1. The standard InChI is InChI=1S/C17H23N3O/c18-12-6-2-1-3-9-16-19-17(20-21-16)15-11-10-13-7-4-5-8-14(13)15/h4-5,7-8,15H,1-3,6,9-12,18H2. The molecule has 0 amide bonds. The number of unbranched alkanes of at least 4 members (excludes halogenated alkanes) is 3. The Hall–Kier alpha value is -1.68. The summed E-state index contributed by atoms with van der Waals surface area (Å²) in [6.45, 7) is 0.784. The summed E-state index contributed by atoms with van der Waals surface area (Å²) in [6, 6.07) is 8.59. The summed E-state index contributed by atoms with van der Waals surface area (Å²) in [7, 11) is 0. The summed E-state index contributed by atoms with van der Waals surface area (Å²) in [5, 5.41) is 4.21. The first kappa shape index (κ1) is 14.3. The van der Waals surface area contributed by atoms with E-state index in [9.17, 15) is 0 Å². The predicted molar refractivity (Wildman–Crippen MR) is 82.1 cm³/mol. The smallest absolute Gasteiger partial charge is 0.226 e. The van der Waals surface area contributed by atoms with Crippen LogP contribution in [0.5, 0.6) is 0 Å². The fourth-order valence-corrected chi connectivity index (χ4v) is 3.11. The molecule has 1 aromatic carbocycles. The van der Waals surface area contributed by atoms with Gasteiger partial charge in [0.15, 0.2) is 5.82 Å². The van der Waals surface area contributed by atoms with Crippen molar-refractivity contribution in [2.45, 2.75) is 50.9 Å². The molecule has 21 heavy (non-hydrogen) atoms. The fraction of sp³-hybridized carbons (Fsp3) is 0.529. The van der Waals surface area contributed by atoms with Crippen LogP contribution in [0.3, 0.4) is 0 Å². The van der Waals surface area contributed by atoms with E-state index in [4.69, 9.17) is 10.3 Å². The lowest BCUT2D eigenvalue weighted by atomic mass is 10.0. The van der Waals surface area contributed by atoms with Gasteiger partial charge in [0.2, 0.25) is 5.89 Å². The predicted octanol–water partition coefficient (Wildman–Crippen LogP) is 3.21. The molecule has 112 valence electrons. The van der Waals surface area contributed by atoms with Crippen molar-refractivity contribution in [3.8, 4) is 0 Å². The van der Waals surface area contributed by atoms with Gasteiger partial charge in [0.1, 0.15) is 0 Å². The molecule has 2 aromatic rings. The SMILES string of the molecule is NCCCCCCc1nc(C2CCc3ccccc32)no1. The summed E-state index contributed by atoms with van der Waals surface area (Å²) in [5.41, 5.74) is 8.29. The largest absolute Gasteiger partial charge is 0.339 e. The molecular formula is C17H23N3O. The van der Waals surface area contributed by atoms with Gasteiger partial charge in [0.05, 0.1) is 0 Å².